The van der Waals surface area contributed by atoms with Gasteiger partial charge in [-0.3, -0.25) is 4.79 Å². The zero-order valence-corrected chi connectivity index (χ0v) is 11.1. The first-order valence-corrected chi connectivity index (χ1v) is 6.09. The summed E-state index contributed by atoms with van der Waals surface area (Å²) in [5.74, 6) is -0.822. The summed E-state index contributed by atoms with van der Waals surface area (Å²) in [6, 6.07) is 0. The monoisotopic (exact) mass is 269 g/mol. The predicted octanol–water partition coefficient (Wildman–Crippen LogP) is 1.55. The molecule has 106 valence electrons. The molecule has 0 aliphatic rings. The normalized spacial score (nSPS) is 9.32. The van der Waals surface area contributed by atoms with E-state index in [2.05, 4.69) is 11.6 Å². The van der Waals surface area contributed by atoms with E-state index in [0.717, 1.165) is 12.8 Å². The first kappa shape index (κ1) is 17.1. The summed E-state index contributed by atoms with van der Waals surface area (Å²) < 4.78 is 9.63. The largest absolute Gasteiger partial charge is 0.462 e. The standard InChI is InChI=1S/C13H19NO5/c1-11(2)13(17)19-9-8-18-12(16)6-4-3-5-7-14-10-15/h1,3-9H2,2H3. The number of rotatable bonds is 10. The van der Waals surface area contributed by atoms with E-state index in [0.29, 0.717) is 25.0 Å². The van der Waals surface area contributed by atoms with Crippen molar-refractivity contribution in [3.8, 4) is 0 Å². The Kier molecular flexibility index (Phi) is 10.0. The van der Waals surface area contributed by atoms with Gasteiger partial charge in [0.05, 0.1) is 6.54 Å². The van der Waals surface area contributed by atoms with E-state index >= 15 is 0 Å². The highest BCUT2D eigenvalue weighted by atomic mass is 16.6. The van der Waals surface area contributed by atoms with E-state index in [1.54, 1.807) is 6.92 Å². The van der Waals surface area contributed by atoms with E-state index in [9.17, 15) is 14.4 Å². The molecule has 0 heterocycles. The number of carbonyl (C=O) groups excluding carboxylic acids is 3. The topological polar surface area (TPSA) is 82.0 Å². The molecule has 0 amide bonds. The number of unbranched alkanes of at least 4 members (excludes halogenated alkanes) is 2. The summed E-state index contributed by atoms with van der Waals surface area (Å²) in [4.78, 5) is 35.4. The van der Waals surface area contributed by atoms with Crippen molar-refractivity contribution >= 4 is 18.0 Å². The van der Waals surface area contributed by atoms with Crippen molar-refractivity contribution in [2.75, 3.05) is 19.8 Å². The quantitative estimate of drug-likeness (QED) is 0.197. The molecule has 0 aromatic rings. The van der Waals surface area contributed by atoms with Crippen LogP contribution in [0.1, 0.15) is 32.6 Å². The zero-order chi connectivity index (χ0) is 14.5. The fraction of sp³-hybridized carbons (Fsp3) is 0.615. The number of aliphatic imine (C=N–C) groups is 1. The van der Waals surface area contributed by atoms with Gasteiger partial charge >= 0.3 is 11.9 Å². The van der Waals surface area contributed by atoms with Crippen LogP contribution in [0.25, 0.3) is 0 Å². The second-order valence-electron chi connectivity index (χ2n) is 3.92. The number of hydrogen-bond acceptors (Lipinski definition) is 6. The molecule has 0 aromatic carbocycles. The SMILES string of the molecule is C=C(C)C(=O)OCCOC(=O)CCCCCN=C=O. The summed E-state index contributed by atoms with van der Waals surface area (Å²) in [5, 5.41) is 0. The van der Waals surface area contributed by atoms with Gasteiger partial charge in [0.25, 0.3) is 0 Å². The summed E-state index contributed by atoms with van der Waals surface area (Å²) in [7, 11) is 0. The predicted molar refractivity (Wildman–Crippen MR) is 68.2 cm³/mol. The molecule has 0 saturated carbocycles. The maximum Gasteiger partial charge on any atom is 0.333 e. The highest BCUT2D eigenvalue weighted by Gasteiger charge is 2.05. The molecule has 0 radical (unpaired) electrons. The number of esters is 2. The van der Waals surface area contributed by atoms with Crippen LogP contribution >= 0.6 is 0 Å². The molecule has 0 aliphatic heterocycles. The lowest BCUT2D eigenvalue weighted by Crippen LogP contribution is -2.14. The highest BCUT2D eigenvalue weighted by Crippen LogP contribution is 2.01. The lowest BCUT2D eigenvalue weighted by atomic mass is 10.2. The van der Waals surface area contributed by atoms with Gasteiger partial charge in [-0.1, -0.05) is 13.0 Å². The van der Waals surface area contributed by atoms with E-state index in [-0.39, 0.29) is 19.2 Å². The number of carbonyl (C=O) groups is 2. The Bertz CT molecular complexity index is 358. The molecule has 0 saturated heterocycles. The summed E-state index contributed by atoms with van der Waals surface area (Å²) in [6.45, 7) is 5.49. The lowest BCUT2D eigenvalue weighted by molar-refractivity contribution is -0.150. The van der Waals surface area contributed by atoms with Gasteiger partial charge in [-0.15, -0.1) is 0 Å². The van der Waals surface area contributed by atoms with Crippen molar-refractivity contribution in [1.82, 2.24) is 0 Å². The maximum absolute atomic E-state index is 11.2. The number of isocyanates is 1. The van der Waals surface area contributed by atoms with Crippen molar-refractivity contribution in [3.63, 3.8) is 0 Å². The molecular formula is C13H19NO5. The Morgan fingerprint density at radius 3 is 2.47 bits per heavy atom. The molecule has 0 fully saturated rings. The summed E-state index contributed by atoms with van der Waals surface area (Å²) in [6.07, 6.45) is 3.98. The van der Waals surface area contributed by atoms with Gasteiger partial charge in [-0.25, -0.2) is 14.6 Å². The van der Waals surface area contributed by atoms with Crippen LogP contribution in [0.3, 0.4) is 0 Å². The molecule has 0 unspecified atom stereocenters. The number of hydrogen-bond donors (Lipinski definition) is 0. The van der Waals surface area contributed by atoms with E-state index in [1.807, 2.05) is 0 Å². The van der Waals surface area contributed by atoms with Crippen LogP contribution in [0.15, 0.2) is 17.1 Å². The number of ether oxygens (including phenoxy) is 2. The molecule has 0 rings (SSSR count). The first-order chi connectivity index (χ1) is 9.07. The molecule has 6 heteroatoms. The van der Waals surface area contributed by atoms with E-state index < -0.39 is 5.97 Å². The Balaban J connectivity index is 3.42. The second kappa shape index (κ2) is 11.2. The average molecular weight is 269 g/mol. The minimum atomic E-state index is -0.494. The average Bonchev–Trinajstić information content (AvgIpc) is 2.38. The molecule has 0 N–H and O–H groups in total. The van der Waals surface area contributed by atoms with Crippen LogP contribution in [0.2, 0.25) is 0 Å². The molecule has 0 aromatic heterocycles. The first-order valence-electron chi connectivity index (χ1n) is 6.09. The minimum absolute atomic E-state index is 0.0332. The van der Waals surface area contributed by atoms with Crippen LogP contribution in [0.5, 0.6) is 0 Å². The van der Waals surface area contributed by atoms with E-state index in [4.69, 9.17) is 9.47 Å². The van der Waals surface area contributed by atoms with Crippen molar-refractivity contribution in [2.24, 2.45) is 4.99 Å². The molecule has 6 nitrogen and oxygen atoms in total. The minimum Gasteiger partial charge on any atom is -0.462 e. The fourth-order valence-corrected chi connectivity index (χ4v) is 1.17. The Hall–Kier alpha value is -1.94. The van der Waals surface area contributed by atoms with Crippen molar-refractivity contribution in [3.05, 3.63) is 12.2 Å². The number of nitrogens with zero attached hydrogens (tertiary/aromatic N) is 1. The van der Waals surface area contributed by atoms with Crippen LogP contribution < -0.4 is 0 Å². The van der Waals surface area contributed by atoms with Crippen LogP contribution in [0.4, 0.5) is 0 Å². The Morgan fingerprint density at radius 2 is 1.84 bits per heavy atom. The van der Waals surface area contributed by atoms with Crippen molar-refractivity contribution in [2.45, 2.75) is 32.6 Å². The maximum atomic E-state index is 11.2. The smallest absolute Gasteiger partial charge is 0.333 e. The van der Waals surface area contributed by atoms with Gasteiger partial charge < -0.3 is 9.47 Å². The Morgan fingerprint density at radius 1 is 1.16 bits per heavy atom. The van der Waals surface area contributed by atoms with Crippen LogP contribution in [-0.2, 0) is 23.9 Å². The van der Waals surface area contributed by atoms with Gasteiger partial charge in [0, 0.05) is 12.0 Å². The van der Waals surface area contributed by atoms with Gasteiger partial charge in [-0.05, 0) is 19.8 Å². The third-order valence-corrected chi connectivity index (χ3v) is 2.14. The zero-order valence-electron chi connectivity index (χ0n) is 11.1. The molecular weight excluding hydrogens is 250 g/mol. The Labute approximate surface area is 112 Å². The van der Waals surface area contributed by atoms with Gasteiger partial charge in [0.15, 0.2) is 0 Å². The van der Waals surface area contributed by atoms with Crippen LogP contribution in [0, 0.1) is 0 Å². The molecule has 0 spiro atoms. The highest BCUT2D eigenvalue weighted by molar-refractivity contribution is 5.86. The lowest BCUT2D eigenvalue weighted by Gasteiger charge is -2.06. The third kappa shape index (κ3) is 10.9. The summed E-state index contributed by atoms with van der Waals surface area (Å²) in [5.41, 5.74) is 0.310. The van der Waals surface area contributed by atoms with Gasteiger partial charge in [0.1, 0.15) is 13.2 Å². The van der Waals surface area contributed by atoms with Crippen molar-refractivity contribution < 1.29 is 23.9 Å². The van der Waals surface area contributed by atoms with Crippen LogP contribution in [-0.4, -0.2) is 37.8 Å². The summed E-state index contributed by atoms with van der Waals surface area (Å²) >= 11 is 0. The molecule has 19 heavy (non-hydrogen) atoms. The van der Waals surface area contributed by atoms with Gasteiger partial charge in [-0.2, -0.15) is 0 Å². The molecule has 0 aliphatic carbocycles. The molecule has 0 bridgehead atoms. The molecule has 0 atom stereocenters. The fourth-order valence-electron chi connectivity index (χ4n) is 1.17. The van der Waals surface area contributed by atoms with Gasteiger partial charge in [0.2, 0.25) is 6.08 Å². The second-order valence-corrected chi connectivity index (χ2v) is 3.92. The van der Waals surface area contributed by atoms with Crippen molar-refractivity contribution in [1.29, 1.82) is 0 Å². The van der Waals surface area contributed by atoms with E-state index in [1.165, 1.54) is 6.08 Å². The third-order valence-electron chi connectivity index (χ3n) is 2.14.